The summed E-state index contributed by atoms with van der Waals surface area (Å²) >= 11 is 4.49. The second-order valence-corrected chi connectivity index (χ2v) is 8.00. The van der Waals surface area contributed by atoms with E-state index in [1.165, 1.54) is 0 Å². The minimum absolute atomic E-state index is 0.0551. The number of halogens is 1. The van der Waals surface area contributed by atoms with E-state index in [0.717, 1.165) is 17.3 Å². The van der Waals surface area contributed by atoms with Crippen LogP contribution in [0, 0.1) is 17.0 Å². The zero-order valence-electron chi connectivity index (χ0n) is 15.8. The van der Waals surface area contributed by atoms with Gasteiger partial charge in [-0.25, -0.2) is 0 Å². The smallest absolute Gasteiger partial charge is 0.396 e. The van der Waals surface area contributed by atoms with Crippen LogP contribution >= 0.6 is 27.7 Å². The van der Waals surface area contributed by atoms with Crippen molar-refractivity contribution in [3.05, 3.63) is 80.1 Å². The van der Waals surface area contributed by atoms with Gasteiger partial charge in [0.1, 0.15) is 5.75 Å². The number of hydrogen-bond acceptors (Lipinski definition) is 6. The van der Waals surface area contributed by atoms with Gasteiger partial charge in [0.15, 0.2) is 10.8 Å². The van der Waals surface area contributed by atoms with Crippen LogP contribution in [0.1, 0.15) is 21.7 Å². The molecule has 0 N–H and O–H groups in total. The molecule has 1 heterocycles. The molecule has 0 radical (unpaired) electrons. The third-order valence-electron chi connectivity index (χ3n) is 4.26. The lowest BCUT2D eigenvalue weighted by atomic mass is 10.1. The number of carbonyl (C=O) groups is 1. The number of imidazole rings is 1. The van der Waals surface area contributed by atoms with Crippen LogP contribution in [-0.2, 0) is 6.54 Å². The van der Waals surface area contributed by atoms with Gasteiger partial charge in [-0.15, -0.1) is 0 Å². The third kappa shape index (κ3) is 4.86. The van der Waals surface area contributed by atoms with Gasteiger partial charge in [-0.05, 0) is 49.6 Å². The minimum Gasteiger partial charge on any atom is -0.496 e. The first kappa shape index (κ1) is 21.1. The van der Waals surface area contributed by atoms with Gasteiger partial charge in [0, 0.05) is 12.5 Å². The van der Waals surface area contributed by atoms with E-state index in [4.69, 9.17) is 4.74 Å². The second-order valence-electron chi connectivity index (χ2n) is 6.18. The van der Waals surface area contributed by atoms with Crippen LogP contribution in [0.5, 0.6) is 5.75 Å². The maximum atomic E-state index is 12.6. The lowest BCUT2D eigenvalue weighted by molar-refractivity contribution is -0.392. The molecule has 0 amide bonds. The lowest BCUT2D eigenvalue weighted by Gasteiger charge is -2.09. The number of benzene rings is 2. The van der Waals surface area contributed by atoms with E-state index in [1.807, 2.05) is 30.3 Å². The topological polar surface area (TPSA) is 87.3 Å². The molecule has 0 aliphatic carbocycles. The molecule has 2 aromatic carbocycles. The number of aromatic nitrogens is 2. The van der Waals surface area contributed by atoms with Crippen LogP contribution in [0.2, 0.25) is 0 Å². The summed E-state index contributed by atoms with van der Waals surface area (Å²) in [6.45, 7) is 2.17. The summed E-state index contributed by atoms with van der Waals surface area (Å²) in [5.41, 5.74) is 1.49. The number of nitro groups is 1. The van der Waals surface area contributed by atoms with Crippen molar-refractivity contribution in [3.8, 4) is 5.75 Å². The molecule has 0 fully saturated rings. The van der Waals surface area contributed by atoms with E-state index >= 15 is 0 Å². The Morgan fingerprint density at radius 3 is 2.62 bits per heavy atom. The van der Waals surface area contributed by atoms with Crippen molar-refractivity contribution < 1.29 is 14.5 Å². The number of methoxy groups -OCH3 is 1. The van der Waals surface area contributed by atoms with Crippen molar-refractivity contribution in [2.75, 3.05) is 12.9 Å². The number of Topliss-reactive ketones (excluding diaryl/α,β-unsaturated/α-hetero) is 1. The average molecular weight is 476 g/mol. The van der Waals surface area contributed by atoms with Gasteiger partial charge in [0.2, 0.25) is 5.82 Å². The van der Waals surface area contributed by atoms with E-state index in [0.29, 0.717) is 33.2 Å². The first-order valence-corrected chi connectivity index (χ1v) is 10.4. The molecule has 3 aromatic rings. The number of ketones is 1. The monoisotopic (exact) mass is 475 g/mol. The first-order valence-electron chi connectivity index (χ1n) is 8.65. The van der Waals surface area contributed by atoms with Crippen molar-refractivity contribution in [2.24, 2.45) is 0 Å². The van der Waals surface area contributed by atoms with E-state index in [2.05, 4.69) is 20.9 Å². The highest BCUT2D eigenvalue weighted by atomic mass is 79.9. The molecule has 1 aromatic heterocycles. The fourth-order valence-corrected chi connectivity index (χ4v) is 4.38. The molecule has 0 spiro atoms. The van der Waals surface area contributed by atoms with Crippen LogP contribution in [0.3, 0.4) is 0 Å². The Bertz CT molecular complexity index is 1050. The number of aryl methyl sites for hydroxylation is 1. The Hall–Kier alpha value is -2.65. The number of rotatable bonds is 8. The van der Waals surface area contributed by atoms with Crippen LogP contribution in [-0.4, -0.2) is 33.1 Å². The Balaban J connectivity index is 1.84. The number of hydrogen-bond donors (Lipinski definition) is 0. The summed E-state index contributed by atoms with van der Waals surface area (Å²) in [6, 6.07) is 14.7. The van der Waals surface area contributed by atoms with E-state index in [9.17, 15) is 14.9 Å². The zero-order chi connectivity index (χ0) is 21.0. The van der Waals surface area contributed by atoms with E-state index in [1.54, 1.807) is 36.8 Å². The molecule has 0 bridgehead atoms. The maximum Gasteiger partial charge on any atom is 0.396 e. The Kier molecular flexibility index (Phi) is 6.71. The summed E-state index contributed by atoms with van der Waals surface area (Å²) < 4.78 is 7.62. The van der Waals surface area contributed by atoms with Gasteiger partial charge in [-0.3, -0.25) is 9.36 Å². The molecule has 0 aliphatic heterocycles. The first-order chi connectivity index (χ1) is 13.9. The highest BCUT2D eigenvalue weighted by Crippen LogP contribution is 2.32. The van der Waals surface area contributed by atoms with Crippen molar-refractivity contribution in [2.45, 2.75) is 18.5 Å². The Morgan fingerprint density at radius 1 is 1.28 bits per heavy atom. The summed E-state index contributed by atoms with van der Waals surface area (Å²) in [5, 5.41) is 11.9. The highest BCUT2D eigenvalue weighted by molar-refractivity contribution is 9.10. The maximum absolute atomic E-state index is 12.6. The summed E-state index contributed by atoms with van der Waals surface area (Å²) in [4.78, 5) is 27.7. The summed E-state index contributed by atoms with van der Waals surface area (Å²) in [7, 11) is 1.55. The van der Waals surface area contributed by atoms with Crippen LogP contribution < -0.4 is 4.74 Å². The summed E-state index contributed by atoms with van der Waals surface area (Å²) in [5.74, 6) is 0.841. The third-order valence-corrected chi connectivity index (χ3v) is 5.97. The van der Waals surface area contributed by atoms with Gasteiger partial charge in [0.05, 0.1) is 23.9 Å². The molecule has 150 valence electrons. The summed E-state index contributed by atoms with van der Waals surface area (Å²) in [6.07, 6.45) is 0. The zero-order valence-corrected chi connectivity index (χ0v) is 18.2. The van der Waals surface area contributed by atoms with Crippen LogP contribution in [0.25, 0.3) is 0 Å². The molecule has 0 unspecified atom stereocenters. The fourth-order valence-electron chi connectivity index (χ4n) is 2.80. The molecule has 0 saturated heterocycles. The van der Waals surface area contributed by atoms with Gasteiger partial charge >= 0.3 is 5.82 Å². The Morgan fingerprint density at radius 2 is 2.00 bits per heavy atom. The van der Waals surface area contributed by atoms with E-state index in [-0.39, 0.29) is 17.4 Å². The molecule has 7 nitrogen and oxygen atoms in total. The minimum atomic E-state index is -0.509. The van der Waals surface area contributed by atoms with Crippen molar-refractivity contribution in [3.63, 3.8) is 0 Å². The van der Waals surface area contributed by atoms with Crippen LogP contribution in [0.15, 0.2) is 58.0 Å². The molecule has 0 atom stereocenters. The highest BCUT2D eigenvalue weighted by Gasteiger charge is 2.26. The predicted molar refractivity (Wildman–Crippen MR) is 115 cm³/mol. The van der Waals surface area contributed by atoms with Gasteiger partial charge in [-0.2, -0.15) is 0 Å². The Labute approximate surface area is 180 Å². The lowest BCUT2D eigenvalue weighted by Crippen LogP contribution is -2.07. The normalized spacial score (nSPS) is 10.7. The molecule has 0 saturated carbocycles. The number of carbonyl (C=O) groups excluding carboxylic acids is 1. The second kappa shape index (κ2) is 9.23. The molecular weight excluding hydrogens is 458 g/mol. The standard InChI is InChI=1S/C20H18BrN3O4S/c1-13-22-19(24(26)27)20(23(13)11-14-6-4-3-5-7-14)29-12-17(25)15-8-9-18(28-2)16(21)10-15/h3-10H,11-12H2,1-2H3. The fraction of sp³-hybridized carbons (Fsp3) is 0.200. The number of ether oxygens (including phenoxy) is 1. The van der Waals surface area contributed by atoms with Gasteiger partial charge in [-0.1, -0.05) is 42.1 Å². The van der Waals surface area contributed by atoms with Crippen molar-refractivity contribution >= 4 is 39.3 Å². The molecule has 29 heavy (non-hydrogen) atoms. The van der Waals surface area contributed by atoms with Crippen molar-refractivity contribution in [1.82, 2.24) is 9.55 Å². The molecular formula is C20H18BrN3O4S. The van der Waals surface area contributed by atoms with Crippen molar-refractivity contribution in [1.29, 1.82) is 0 Å². The van der Waals surface area contributed by atoms with Crippen LogP contribution in [0.4, 0.5) is 5.82 Å². The predicted octanol–water partition coefficient (Wildman–Crippen LogP) is 4.89. The molecule has 3 rings (SSSR count). The quantitative estimate of drug-likeness (QED) is 0.199. The van der Waals surface area contributed by atoms with Gasteiger partial charge < -0.3 is 14.9 Å². The van der Waals surface area contributed by atoms with Gasteiger partial charge in [0.25, 0.3) is 0 Å². The largest absolute Gasteiger partial charge is 0.496 e. The number of thioether (sulfide) groups is 1. The SMILES string of the molecule is COc1ccc(C(=O)CSc2c([N+](=O)[O-])nc(C)n2Cc2ccccc2)cc1Br. The average Bonchev–Trinajstić information content (AvgIpc) is 3.02. The number of nitrogens with zero attached hydrogens (tertiary/aromatic N) is 3. The molecule has 0 aliphatic rings. The van der Waals surface area contributed by atoms with E-state index < -0.39 is 4.92 Å². The molecule has 9 heteroatoms.